The van der Waals surface area contributed by atoms with E-state index in [1.54, 1.807) is 26.4 Å². The van der Waals surface area contributed by atoms with Crippen LogP contribution < -0.4 is 19.0 Å². The number of aromatic nitrogens is 1. The normalized spacial score (nSPS) is 15.9. The average molecular weight is 520 g/mol. The predicted molar refractivity (Wildman–Crippen MR) is 134 cm³/mol. The minimum atomic E-state index is -3.63. The lowest BCUT2D eigenvalue weighted by molar-refractivity contribution is -0.122. The summed E-state index contributed by atoms with van der Waals surface area (Å²) in [4.78, 5) is 18.3. The Labute approximate surface area is 208 Å². The van der Waals surface area contributed by atoms with Gasteiger partial charge in [0, 0.05) is 37.7 Å². The molecule has 188 valence electrons. The number of amides is 1. The van der Waals surface area contributed by atoms with Crippen LogP contribution in [-0.2, 0) is 21.4 Å². The molecular weight excluding hydrogens is 490 g/mol. The van der Waals surface area contributed by atoms with Crippen molar-refractivity contribution in [2.24, 2.45) is 10.9 Å². The van der Waals surface area contributed by atoms with Crippen LogP contribution in [0.25, 0.3) is 10.2 Å². The fraction of sp³-hybridized carbons (Fsp3) is 0.417. The number of ether oxygens (including phenoxy) is 3. The number of aryl methyl sites for hydroxylation is 1. The minimum absolute atomic E-state index is 0.216. The molecule has 0 bridgehead atoms. The van der Waals surface area contributed by atoms with Gasteiger partial charge in [0.15, 0.2) is 16.3 Å². The quantitative estimate of drug-likeness (QED) is 0.475. The van der Waals surface area contributed by atoms with Gasteiger partial charge < -0.3 is 18.8 Å². The molecule has 0 N–H and O–H groups in total. The van der Waals surface area contributed by atoms with Crippen LogP contribution in [0.1, 0.15) is 19.8 Å². The molecule has 1 amide bonds. The third-order valence-corrected chi connectivity index (χ3v) is 9.16. The van der Waals surface area contributed by atoms with Crippen LogP contribution in [-0.4, -0.2) is 57.6 Å². The van der Waals surface area contributed by atoms with Gasteiger partial charge in [-0.15, -0.1) is 0 Å². The Kier molecular flexibility index (Phi) is 7.48. The van der Waals surface area contributed by atoms with Gasteiger partial charge in [-0.25, -0.2) is 8.42 Å². The third-order valence-electron chi connectivity index (χ3n) is 6.21. The molecule has 11 heteroatoms. The summed E-state index contributed by atoms with van der Waals surface area (Å²) in [6.07, 6.45) is 0.854. The standard InChI is InChI=1S/C24H29N3O6S2/c1-5-27-19-14-20(32-3)21(33-4)15-22(19)34-24(27)25-23(28)16-10-12-26(13-11-16)35(29,30)18-8-6-17(31-2)7-9-18/h6-9,14-16H,5,10-13H2,1-4H3. The van der Waals surface area contributed by atoms with Gasteiger partial charge in [-0.1, -0.05) is 11.3 Å². The molecule has 0 atom stereocenters. The number of hydrogen-bond donors (Lipinski definition) is 0. The predicted octanol–water partition coefficient (Wildman–Crippen LogP) is 3.28. The molecule has 35 heavy (non-hydrogen) atoms. The van der Waals surface area contributed by atoms with E-state index >= 15 is 0 Å². The van der Waals surface area contributed by atoms with Crippen molar-refractivity contribution in [3.8, 4) is 17.2 Å². The summed E-state index contributed by atoms with van der Waals surface area (Å²) in [7, 11) is 1.08. The van der Waals surface area contributed by atoms with Crippen molar-refractivity contribution >= 4 is 37.5 Å². The SMILES string of the molecule is CCn1c(=NC(=O)C2CCN(S(=O)(=O)c3ccc(OC)cc3)CC2)sc2cc(OC)c(OC)cc21. The summed E-state index contributed by atoms with van der Waals surface area (Å²) in [6, 6.07) is 10.1. The smallest absolute Gasteiger partial charge is 0.251 e. The Morgan fingerprint density at radius 1 is 1.03 bits per heavy atom. The first kappa shape index (κ1) is 25.2. The van der Waals surface area contributed by atoms with Gasteiger partial charge in [-0.2, -0.15) is 9.30 Å². The molecule has 1 aliphatic heterocycles. The van der Waals surface area contributed by atoms with Crippen LogP contribution in [0.15, 0.2) is 46.3 Å². The van der Waals surface area contributed by atoms with E-state index in [1.807, 2.05) is 23.6 Å². The molecule has 1 aliphatic rings. The van der Waals surface area contributed by atoms with Gasteiger partial charge in [-0.3, -0.25) is 4.79 Å². The molecule has 0 unspecified atom stereocenters. The minimum Gasteiger partial charge on any atom is -0.497 e. The summed E-state index contributed by atoms with van der Waals surface area (Å²) >= 11 is 1.42. The lowest BCUT2D eigenvalue weighted by Gasteiger charge is -2.29. The molecule has 2 aromatic carbocycles. The topological polar surface area (TPSA) is 99.4 Å². The fourth-order valence-electron chi connectivity index (χ4n) is 4.21. The number of hydrogen-bond acceptors (Lipinski definition) is 7. The van der Waals surface area contributed by atoms with E-state index in [0.717, 1.165) is 10.2 Å². The van der Waals surface area contributed by atoms with Crippen molar-refractivity contribution in [3.05, 3.63) is 41.2 Å². The van der Waals surface area contributed by atoms with Crippen LogP contribution in [0.3, 0.4) is 0 Å². The molecule has 4 rings (SSSR count). The summed E-state index contributed by atoms with van der Waals surface area (Å²) in [5.74, 6) is 1.28. The maximum Gasteiger partial charge on any atom is 0.251 e. The number of benzene rings is 2. The van der Waals surface area contributed by atoms with Gasteiger partial charge in [0.05, 0.1) is 36.4 Å². The first-order valence-electron chi connectivity index (χ1n) is 11.3. The van der Waals surface area contributed by atoms with E-state index in [-0.39, 0.29) is 29.8 Å². The second kappa shape index (κ2) is 10.4. The Morgan fingerprint density at radius 2 is 1.66 bits per heavy atom. The summed E-state index contributed by atoms with van der Waals surface area (Å²) < 4.78 is 46.3. The lowest BCUT2D eigenvalue weighted by Crippen LogP contribution is -2.40. The van der Waals surface area contributed by atoms with Crippen molar-refractivity contribution in [2.45, 2.75) is 31.2 Å². The highest BCUT2D eigenvalue weighted by Crippen LogP contribution is 2.33. The van der Waals surface area contributed by atoms with Crippen molar-refractivity contribution in [3.63, 3.8) is 0 Å². The summed E-state index contributed by atoms with van der Waals surface area (Å²) in [5, 5.41) is 0. The number of sulfonamides is 1. The highest BCUT2D eigenvalue weighted by Gasteiger charge is 2.32. The molecule has 1 aromatic heterocycles. The molecule has 0 radical (unpaired) electrons. The molecule has 0 aliphatic carbocycles. The first-order valence-corrected chi connectivity index (χ1v) is 13.6. The van der Waals surface area contributed by atoms with Crippen molar-refractivity contribution in [2.75, 3.05) is 34.4 Å². The lowest BCUT2D eigenvalue weighted by atomic mass is 9.98. The van der Waals surface area contributed by atoms with E-state index in [2.05, 4.69) is 4.99 Å². The zero-order valence-electron chi connectivity index (χ0n) is 20.2. The van der Waals surface area contributed by atoms with E-state index < -0.39 is 10.0 Å². The number of carbonyl (C=O) groups is 1. The van der Waals surface area contributed by atoms with E-state index in [0.29, 0.717) is 41.4 Å². The van der Waals surface area contributed by atoms with Gasteiger partial charge >= 0.3 is 0 Å². The third kappa shape index (κ3) is 4.93. The molecule has 1 fully saturated rings. The number of piperidine rings is 1. The highest BCUT2D eigenvalue weighted by molar-refractivity contribution is 7.89. The second-order valence-electron chi connectivity index (χ2n) is 8.11. The number of rotatable bonds is 7. The van der Waals surface area contributed by atoms with E-state index in [9.17, 15) is 13.2 Å². The van der Waals surface area contributed by atoms with Crippen LogP contribution in [0.4, 0.5) is 0 Å². The average Bonchev–Trinajstić information content (AvgIpc) is 3.23. The Morgan fingerprint density at radius 3 is 2.23 bits per heavy atom. The zero-order valence-corrected chi connectivity index (χ0v) is 21.8. The summed E-state index contributed by atoms with van der Waals surface area (Å²) in [5.41, 5.74) is 0.919. The molecular formula is C24H29N3O6S2. The zero-order chi connectivity index (χ0) is 25.2. The Bertz CT molecular complexity index is 1390. The Balaban J connectivity index is 1.53. The molecule has 1 saturated heterocycles. The van der Waals surface area contributed by atoms with Crippen molar-refractivity contribution < 1.29 is 27.4 Å². The van der Waals surface area contributed by atoms with E-state index in [4.69, 9.17) is 14.2 Å². The maximum absolute atomic E-state index is 13.1. The molecule has 0 spiro atoms. The second-order valence-corrected chi connectivity index (χ2v) is 11.1. The van der Waals surface area contributed by atoms with Gasteiger partial charge in [0.25, 0.3) is 5.91 Å². The van der Waals surface area contributed by atoms with Crippen LogP contribution in [0, 0.1) is 5.92 Å². The molecule has 2 heterocycles. The molecule has 9 nitrogen and oxygen atoms in total. The number of nitrogens with zero attached hydrogens (tertiary/aromatic N) is 3. The molecule has 0 saturated carbocycles. The monoisotopic (exact) mass is 519 g/mol. The van der Waals surface area contributed by atoms with Crippen LogP contribution in [0.2, 0.25) is 0 Å². The van der Waals surface area contributed by atoms with Gasteiger partial charge in [0.2, 0.25) is 10.0 Å². The van der Waals surface area contributed by atoms with Crippen molar-refractivity contribution in [1.29, 1.82) is 0 Å². The van der Waals surface area contributed by atoms with Crippen molar-refractivity contribution in [1.82, 2.24) is 8.87 Å². The summed E-state index contributed by atoms with van der Waals surface area (Å²) in [6.45, 7) is 3.18. The fourth-order valence-corrected chi connectivity index (χ4v) is 6.79. The Hall–Kier alpha value is -2.89. The molecule has 3 aromatic rings. The van der Waals surface area contributed by atoms with E-state index in [1.165, 1.54) is 34.9 Å². The van der Waals surface area contributed by atoms with Gasteiger partial charge in [-0.05, 0) is 44.0 Å². The largest absolute Gasteiger partial charge is 0.497 e. The number of thiazole rings is 1. The van der Waals surface area contributed by atoms with Crippen LogP contribution >= 0.6 is 11.3 Å². The van der Waals surface area contributed by atoms with Gasteiger partial charge in [0.1, 0.15) is 5.75 Å². The number of fused-ring (bicyclic) bond motifs is 1. The van der Waals surface area contributed by atoms with Crippen LogP contribution in [0.5, 0.6) is 17.2 Å². The number of carbonyl (C=O) groups excluding carboxylic acids is 1. The number of methoxy groups -OCH3 is 3. The maximum atomic E-state index is 13.1. The highest BCUT2D eigenvalue weighted by atomic mass is 32.2. The first-order chi connectivity index (χ1) is 16.8.